The first kappa shape index (κ1) is 21.9. The van der Waals surface area contributed by atoms with E-state index in [1.807, 2.05) is 30.3 Å². The van der Waals surface area contributed by atoms with Gasteiger partial charge in [-0.3, -0.25) is 14.6 Å². The van der Waals surface area contributed by atoms with E-state index in [0.29, 0.717) is 25.3 Å². The molecule has 1 saturated heterocycles. The molecule has 1 aromatic heterocycles. The molecule has 33 heavy (non-hydrogen) atoms. The second-order valence-corrected chi connectivity index (χ2v) is 9.19. The van der Waals surface area contributed by atoms with Crippen molar-refractivity contribution in [1.29, 1.82) is 0 Å². The van der Waals surface area contributed by atoms with Crippen LogP contribution in [0.5, 0.6) is 5.75 Å². The van der Waals surface area contributed by atoms with E-state index in [0.717, 1.165) is 35.4 Å². The predicted octanol–water partition coefficient (Wildman–Crippen LogP) is 2.52. The van der Waals surface area contributed by atoms with Gasteiger partial charge in [0.25, 0.3) is 0 Å². The van der Waals surface area contributed by atoms with Gasteiger partial charge in [0.05, 0.1) is 19.1 Å². The highest BCUT2D eigenvalue weighted by Gasteiger charge is 2.46. The molecule has 1 aliphatic carbocycles. The Hall–Kier alpha value is -2.97. The summed E-state index contributed by atoms with van der Waals surface area (Å²) in [7, 11) is 0. The number of hydrogen-bond donors (Lipinski definition) is 3. The van der Waals surface area contributed by atoms with E-state index in [2.05, 4.69) is 15.6 Å². The van der Waals surface area contributed by atoms with E-state index in [9.17, 15) is 14.7 Å². The third-order valence-corrected chi connectivity index (χ3v) is 6.61. The van der Waals surface area contributed by atoms with Gasteiger partial charge in [0.1, 0.15) is 18.0 Å². The van der Waals surface area contributed by atoms with Crippen LogP contribution in [0.25, 0.3) is 0 Å². The topological polar surface area (TPSA) is 110 Å². The molecule has 0 radical (unpaired) electrons. The van der Waals surface area contributed by atoms with Crippen molar-refractivity contribution in [1.82, 2.24) is 10.3 Å². The first-order valence-electron chi connectivity index (χ1n) is 11.6. The highest BCUT2D eigenvalue weighted by molar-refractivity contribution is 5.91. The minimum atomic E-state index is -0.512. The summed E-state index contributed by atoms with van der Waals surface area (Å²) in [5.41, 5.74) is 2.72. The van der Waals surface area contributed by atoms with Gasteiger partial charge in [-0.15, -0.1) is 0 Å². The molecule has 3 heterocycles. The molecular formula is C25H29N3O5. The highest BCUT2D eigenvalue weighted by atomic mass is 16.6. The lowest BCUT2D eigenvalue weighted by Crippen LogP contribution is -2.47. The smallest absolute Gasteiger partial charge is 0.224 e. The number of anilines is 1. The van der Waals surface area contributed by atoms with E-state index in [1.54, 1.807) is 12.4 Å². The largest absolute Gasteiger partial charge is 0.487 e. The number of pyridine rings is 1. The van der Waals surface area contributed by atoms with Crippen LogP contribution in [0, 0.1) is 5.92 Å². The molecule has 3 aliphatic rings. The third kappa shape index (κ3) is 5.17. The highest BCUT2D eigenvalue weighted by Crippen LogP contribution is 2.47. The molecular weight excluding hydrogens is 422 g/mol. The van der Waals surface area contributed by atoms with E-state index in [4.69, 9.17) is 9.47 Å². The van der Waals surface area contributed by atoms with Crippen molar-refractivity contribution in [3.63, 3.8) is 0 Å². The van der Waals surface area contributed by atoms with Crippen LogP contribution < -0.4 is 15.4 Å². The average Bonchev–Trinajstić information content (AvgIpc) is 3.56. The van der Waals surface area contributed by atoms with Crippen molar-refractivity contribution in [3.05, 3.63) is 53.9 Å². The Kier molecular flexibility index (Phi) is 6.28. The zero-order valence-electron chi connectivity index (χ0n) is 18.4. The van der Waals surface area contributed by atoms with Crippen molar-refractivity contribution in [3.8, 4) is 5.75 Å². The number of ether oxygens (including phenoxy) is 2. The Morgan fingerprint density at radius 3 is 2.67 bits per heavy atom. The maximum absolute atomic E-state index is 12.5. The number of nitrogens with one attached hydrogen (secondary N) is 2. The fraction of sp³-hybridized carbons (Fsp3) is 0.480. The molecule has 2 aromatic rings. The number of fused-ring (bicyclic) bond motifs is 3. The Labute approximate surface area is 192 Å². The summed E-state index contributed by atoms with van der Waals surface area (Å²) in [5, 5.41) is 15.8. The maximum atomic E-state index is 12.5. The molecule has 0 bridgehead atoms. The number of hydrogen-bond acceptors (Lipinski definition) is 6. The van der Waals surface area contributed by atoms with Crippen LogP contribution >= 0.6 is 0 Å². The molecule has 1 saturated carbocycles. The number of carbonyl (C=O) groups excluding carboxylic acids is 2. The number of aliphatic hydroxyl groups is 1. The number of nitrogens with zero attached hydrogens (tertiary/aromatic N) is 1. The van der Waals surface area contributed by atoms with Gasteiger partial charge in [-0.1, -0.05) is 0 Å². The van der Waals surface area contributed by atoms with Crippen molar-refractivity contribution in [2.45, 2.75) is 62.9 Å². The van der Waals surface area contributed by atoms with Crippen LogP contribution in [-0.4, -0.2) is 46.8 Å². The van der Waals surface area contributed by atoms with Gasteiger partial charge in [-0.25, -0.2) is 0 Å². The van der Waals surface area contributed by atoms with E-state index in [1.165, 1.54) is 0 Å². The fourth-order valence-electron chi connectivity index (χ4n) is 4.74. The molecule has 8 nitrogen and oxygen atoms in total. The lowest BCUT2D eigenvalue weighted by Gasteiger charge is -2.37. The SMILES string of the molecule is O=C(C[C@H]1C[C@H]2c3cc(NC(=O)CC4CC4)ccc3O[C@H]2[C@H](CO)O1)NCc1ccncc1. The Morgan fingerprint density at radius 1 is 1.09 bits per heavy atom. The number of benzene rings is 1. The summed E-state index contributed by atoms with van der Waals surface area (Å²) >= 11 is 0. The zero-order valence-corrected chi connectivity index (χ0v) is 18.4. The van der Waals surface area contributed by atoms with Crippen molar-refractivity contribution in [2.75, 3.05) is 11.9 Å². The van der Waals surface area contributed by atoms with Crippen LogP contribution in [0.2, 0.25) is 0 Å². The molecule has 174 valence electrons. The molecule has 2 aliphatic heterocycles. The predicted molar refractivity (Wildman–Crippen MR) is 121 cm³/mol. The first-order valence-corrected chi connectivity index (χ1v) is 11.6. The van der Waals surface area contributed by atoms with Crippen molar-refractivity contribution in [2.24, 2.45) is 5.92 Å². The van der Waals surface area contributed by atoms with Crippen molar-refractivity contribution < 1.29 is 24.2 Å². The lowest BCUT2D eigenvalue weighted by atomic mass is 9.84. The summed E-state index contributed by atoms with van der Waals surface area (Å²) in [6, 6.07) is 9.39. The number of aliphatic hydroxyl groups excluding tert-OH is 1. The number of rotatable bonds is 8. The van der Waals surface area contributed by atoms with Gasteiger partial charge in [-0.05, 0) is 61.1 Å². The minimum Gasteiger partial charge on any atom is -0.487 e. The molecule has 8 heteroatoms. The Balaban J connectivity index is 1.24. The maximum Gasteiger partial charge on any atom is 0.224 e. The minimum absolute atomic E-state index is 0.0100. The van der Waals surface area contributed by atoms with Gasteiger partial charge in [0, 0.05) is 42.5 Å². The molecule has 0 spiro atoms. The van der Waals surface area contributed by atoms with Crippen LogP contribution in [0.1, 0.15) is 49.1 Å². The van der Waals surface area contributed by atoms with E-state index < -0.39 is 6.10 Å². The molecule has 2 amide bonds. The molecule has 1 aromatic carbocycles. The molecule has 3 N–H and O–H groups in total. The Bertz CT molecular complexity index is 1010. The normalized spacial score (nSPS) is 25.5. The van der Waals surface area contributed by atoms with Crippen LogP contribution in [0.15, 0.2) is 42.7 Å². The zero-order chi connectivity index (χ0) is 22.8. The summed E-state index contributed by atoms with van der Waals surface area (Å²) in [4.78, 5) is 28.8. The van der Waals surface area contributed by atoms with Crippen LogP contribution in [-0.2, 0) is 20.9 Å². The van der Waals surface area contributed by atoms with Gasteiger partial charge < -0.3 is 25.2 Å². The second-order valence-electron chi connectivity index (χ2n) is 9.19. The summed E-state index contributed by atoms with van der Waals surface area (Å²) in [5.74, 6) is 1.20. The summed E-state index contributed by atoms with van der Waals surface area (Å²) < 4.78 is 12.1. The first-order chi connectivity index (χ1) is 16.1. The van der Waals surface area contributed by atoms with Crippen LogP contribution in [0.4, 0.5) is 5.69 Å². The third-order valence-electron chi connectivity index (χ3n) is 6.61. The van der Waals surface area contributed by atoms with Crippen LogP contribution in [0.3, 0.4) is 0 Å². The van der Waals surface area contributed by atoms with Crippen molar-refractivity contribution >= 4 is 17.5 Å². The Morgan fingerprint density at radius 2 is 1.91 bits per heavy atom. The molecule has 4 atom stereocenters. The average molecular weight is 452 g/mol. The fourth-order valence-corrected chi connectivity index (χ4v) is 4.74. The number of aromatic nitrogens is 1. The quantitative estimate of drug-likeness (QED) is 0.569. The van der Waals surface area contributed by atoms with Gasteiger partial charge in [-0.2, -0.15) is 0 Å². The second kappa shape index (κ2) is 9.49. The van der Waals surface area contributed by atoms with Gasteiger partial charge in [0.2, 0.25) is 11.8 Å². The summed E-state index contributed by atoms with van der Waals surface area (Å²) in [6.45, 7) is 0.245. The van der Waals surface area contributed by atoms with E-state index >= 15 is 0 Å². The summed E-state index contributed by atoms with van der Waals surface area (Å²) in [6.07, 6.45) is 5.88. The molecule has 5 rings (SSSR count). The van der Waals surface area contributed by atoms with E-state index in [-0.39, 0.29) is 43.0 Å². The number of amides is 2. The molecule has 2 fully saturated rings. The van der Waals surface area contributed by atoms with Gasteiger partial charge in [0.15, 0.2) is 0 Å². The monoisotopic (exact) mass is 451 g/mol. The van der Waals surface area contributed by atoms with Gasteiger partial charge >= 0.3 is 0 Å². The lowest BCUT2D eigenvalue weighted by molar-refractivity contribution is -0.142. The molecule has 0 unspecified atom stereocenters. The standard InChI is InChI=1S/C25H29N3O5/c29-14-22-25-20(11-18(32-22)12-23(30)27-13-16-5-7-26-8-6-16)19-10-17(3-4-21(19)33-25)28-24(31)9-15-1-2-15/h3-8,10,15,18,20,22,25,29H,1-2,9,11-14H2,(H,27,30)(H,28,31)/t18-,20+,22+,25-/m1/s1. The number of carbonyl (C=O) groups is 2.